The van der Waals surface area contributed by atoms with Crippen LogP contribution in [0.3, 0.4) is 0 Å². The number of nitrogens with zero attached hydrogens (tertiary/aromatic N) is 1. The Morgan fingerprint density at radius 2 is 1.47 bits per heavy atom. The van der Waals surface area contributed by atoms with Crippen molar-refractivity contribution in [2.45, 2.75) is 115 Å². The first-order valence-corrected chi connectivity index (χ1v) is 18.3. The number of alkyl halides is 5. The number of aliphatic hydroxyl groups is 1. The summed E-state index contributed by atoms with van der Waals surface area (Å²) in [7, 11) is 0. The molecule has 1 aromatic rings. The summed E-state index contributed by atoms with van der Waals surface area (Å²) < 4.78 is 99.9. The molecule has 2 unspecified atom stereocenters. The van der Waals surface area contributed by atoms with E-state index in [1.807, 2.05) is 5.32 Å². The molecule has 0 aromatic heterocycles. The number of ether oxygens (including phenoxy) is 4. The Bertz CT molecular complexity index is 1750. The monoisotopic (exact) mass is 872 g/mol. The molecule has 0 spiro atoms. The number of nitrogens with one attached hydrogen (secondary N) is 5. The molecule has 6 amide bonds. The molecule has 0 saturated carbocycles. The largest absolute Gasteiger partial charge is 0.486 e. The van der Waals surface area contributed by atoms with E-state index in [0.29, 0.717) is 6.92 Å². The van der Waals surface area contributed by atoms with E-state index in [0.717, 1.165) is 28.4 Å². The highest BCUT2D eigenvalue weighted by Gasteiger charge is 2.58. The average molecular weight is 873 g/mol. The molecule has 0 saturated heterocycles. The Morgan fingerprint density at radius 1 is 0.867 bits per heavy atom. The molecule has 4 atom stereocenters. The van der Waals surface area contributed by atoms with Gasteiger partial charge in [0, 0.05) is 25.6 Å². The molecule has 0 radical (unpaired) electrons. The summed E-state index contributed by atoms with van der Waals surface area (Å²) in [5, 5.41) is 20.9. The van der Waals surface area contributed by atoms with E-state index < -0.39 is 114 Å². The minimum Gasteiger partial charge on any atom is -0.486 e. The number of amides is 6. The molecule has 24 heteroatoms. The van der Waals surface area contributed by atoms with E-state index in [1.165, 1.54) is 6.92 Å². The standard InChI is InChI=1S/C36H50F6N6O12/c1-19-25(47-29(53)34(8,56)28(52)45-18-35(38,39)36(40,41)42)27(51)48(22-17-20(37)9-11-23(22)58-19)15-16-57-30(54)44-14-13-43-26(50)21(46-31(55)60-33(5,6)7)10-12-24(49)59-32(2,3)4/h9,11,17,19,21,25,56H,10,12-16,18H2,1-8H3,(H,43,50)(H,44,54)(H,45,52)(H,46,55)(H,47,53)/t19-,21?,25+,34?/m1/s1. The lowest BCUT2D eigenvalue weighted by atomic mass is 10.0. The van der Waals surface area contributed by atoms with Gasteiger partial charge in [0.2, 0.25) is 11.5 Å². The number of fused-ring (bicyclic) bond motifs is 1. The molecule has 0 bridgehead atoms. The van der Waals surface area contributed by atoms with Crippen LogP contribution in [0.1, 0.15) is 68.2 Å². The second kappa shape index (κ2) is 20.1. The summed E-state index contributed by atoms with van der Waals surface area (Å²) in [6, 6.07) is -0.0747. The molecular weight excluding hydrogens is 822 g/mol. The Balaban J connectivity index is 2.06. The fourth-order valence-electron chi connectivity index (χ4n) is 4.94. The molecule has 338 valence electrons. The van der Waals surface area contributed by atoms with Crippen molar-refractivity contribution in [1.29, 1.82) is 0 Å². The van der Waals surface area contributed by atoms with Crippen molar-refractivity contribution in [3.8, 4) is 5.75 Å². The zero-order chi connectivity index (χ0) is 46.0. The van der Waals surface area contributed by atoms with Crippen LogP contribution < -0.4 is 36.2 Å². The maximum atomic E-state index is 14.4. The summed E-state index contributed by atoms with van der Waals surface area (Å²) in [6.07, 6.45) is -9.78. The summed E-state index contributed by atoms with van der Waals surface area (Å²) >= 11 is 0. The van der Waals surface area contributed by atoms with E-state index >= 15 is 0 Å². The van der Waals surface area contributed by atoms with Crippen LogP contribution in [0.5, 0.6) is 5.75 Å². The SMILES string of the molecule is C[C@H]1Oc2ccc(F)cc2N(CCOC(=O)NCCNC(=O)C(CCC(=O)OC(C)(C)C)NC(=O)OC(C)(C)C)C(=O)[C@H]1NC(=O)C(C)(O)C(=O)NCC(F)(F)C(F)(F)F. The number of carbonyl (C=O) groups is 7. The highest BCUT2D eigenvalue weighted by molar-refractivity contribution is 6.10. The van der Waals surface area contributed by atoms with Gasteiger partial charge in [-0.3, -0.25) is 24.0 Å². The average Bonchev–Trinajstić information content (AvgIpc) is 3.18. The number of anilines is 1. The Labute approximate surface area is 340 Å². The van der Waals surface area contributed by atoms with Crippen molar-refractivity contribution in [2.75, 3.05) is 37.7 Å². The Hall–Kier alpha value is -5.55. The predicted molar refractivity (Wildman–Crippen MR) is 196 cm³/mol. The normalized spacial score (nSPS) is 17.3. The van der Waals surface area contributed by atoms with Gasteiger partial charge in [0.25, 0.3) is 17.7 Å². The van der Waals surface area contributed by atoms with Gasteiger partial charge in [-0.25, -0.2) is 14.0 Å². The van der Waals surface area contributed by atoms with Crippen LogP contribution in [0.25, 0.3) is 0 Å². The number of halogens is 6. The number of hydrogen-bond acceptors (Lipinski definition) is 12. The minimum absolute atomic E-state index is 0.112. The second-order valence-corrected chi connectivity index (χ2v) is 15.5. The highest BCUT2D eigenvalue weighted by Crippen LogP contribution is 2.35. The van der Waals surface area contributed by atoms with Gasteiger partial charge in [-0.2, -0.15) is 22.0 Å². The van der Waals surface area contributed by atoms with Crippen molar-refractivity contribution in [3.05, 3.63) is 24.0 Å². The van der Waals surface area contributed by atoms with Crippen LogP contribution in [-0.4, -0.2) is 127 Å². The number of hydrogen-bond donors (Lipinski definition) is 6. The van der Waals surface area contributed by atoms with E-state index in [-0.39, 0.29) is 37.4 Å². The van der Waals surface area contributed by atoms with Crippen LogP contribution in [-0.2, 0) is 38.2 Å². The third-order valence-electron chi connectivity index (χ3n) is 7.89. The van der Waals surface area contributed by atoms with Crippen molar-refractivity contribution in [3.63, 3.8) is 0 Å². The van der Waals surface area contributed by atoms with E-state index in [4.69, 9.17) is 18.9 Å². The number of alkyl carbamates (subject to hydrolysis) is 2. The summed E-state index contributed by atoms with van der Waals surface area (Å²) in [4.78, 5) is 90.0. The molecule has 60 heavy (non-hydrogen) atoms. The topological polar surface area (TPSA) is 240 Å². The highest BCUT2D eigenvalue weighted by atomic mass is 19.4. The number of carbonyl (C=O) groups excluding carboxylic acids is 7. The zero-order valence-corrected chi connectivity index (χ0v) is 34.1. The molecule has 1 aromatic carbocycles. The van der Waals surface area contributed by atoms with Crippen LogP contribution in [0, 0.1) is 5.82 Å². The third-order valence-corrected chi connectivity index (χ3v) is 7.89. The fraction of sp³-hybridized carbons (Fsp3) is 0.639. The van der Waals surface area contributed by atoms with Gasteiger partial charge >= 0.3 is 30.3 Å². The summed E-state index contributed by atoms with van der Waals surface area (Å²) in [6.45, 7) is 7.65. The van der Waals surface area contributed by atoms with Crippen LogP contribution in [0.4, 0.5) is 41.6 Å². The van der Waals surface area contributed by atoms with Crippen LogP contribution in [0.15, 0.2) is 18.2 Å². The number of esters is 1. The zero-order valence-electron chi connectivity index (χ0n) is 34.1. The molecule has 18 nitrogen and oxygen atoms in total. The van der Waals surface area contributed by atoms with Gasteiger partial charge in [-0.05, 0) is 73.9 Å². The Kier molecular flexibility index (Phi) is 17.0. The van der Waals surface area contributed by atoms with E-state index in [9.17, 15) is 65.0 Å². The van der Waals surface area contributed by atoms with E-state index in [2.05, 4.69) is 16.0 Å². The van der Waals surface area contributed by atoms with Gasteiger partial charge in [0.05, 0.1) is 18.8 Å². The maximum Gasteiger partial charge on any atom is 0.455 e. The quantitative estimate of drug-likeness (QED) is 0.0462. The van der Waals surface area contributed by atoms with Crippen molar-refractivity contribution in [2.24, 2.45) is 0 Å². The molecule has 0 fully saturated rings. The molecule has 1 aliphatic rings. The van der Waals surface area contributed by atoms with Gasteiger partial charge in [0.15, 0.2) is 0 Å². The minimum atomic E-state index is -6.06. The van der Waals surface area contributed by atoms with Gasteiger partial charge in [0.1, 0.15) is 47.6 Å². The summed E-state index contributed by atoms with van der Waals surface area (Å²) in [5.74, 6) is -12.5. The third kappa shape index (κ3) is 15.6. The number of benzene rings is 1. The van der Waals surface area contributed by atoms with Crippen LogP contribution >= 0.6 is 0 Å². The summed E-state index contributed by atoms with van der Waals surface area (Å²) in [5.41, 5.74) is -5.20. The van der Waals surface area contributed by atoms with Crippen molar-refractivity contribution < 1.29 is 84.0 Å². The lowest BCUT2D eigenvalue weighted by Crippen LogP contribution is -2.63. The van der Waals surface area contributed by atoms with Crippen molar-refractivity contribution in [1.82, 2.24) is 26.6 Å². The molecule has 2 rings (SSSR count). The maximum absolute atomic E-state index is 14.4. The molecule has 1 heterocycles. The van der Waals surface area contributed by atoms with Gasteiger partial charge in [-0.15, -0.1) is 0 Å². The predicted octanol–water partition coefficient (Wildman–Crippen LogP) is 2.35. The lowest BCUT2D eigenvalue weighted by Gasteiger charge is -2.29. The first-order chi connectivity index (χ1) is 27.3. The Morgan fingerprint density at radius 3 is 2.05 bits per heavy atom. The van der Waals surface area contributed by atoms with Gasteiger partial charge < -0.3 is 55.5 Å². The lowest BCUT2D eigenvalue weighted by molar-refractivity contribution is -0.278. The smallest absolute Gasteiger partial charge is 0.455 e. The fourth-order valence-corrected chi connectivity index (χ4v) is 4.94. The van der Waals surface area contributed by atoms with E-state index in [1.54, 1.807) is 41.5 Å². The second-order valence-electron chi connectivity index (χ2n) is 15.5. The van der Waals surface area contributed by atoms with Crippen molar-refractivity contribution >= 4 is 47.5 Å². The molecule has 0 aliphatic carbocycles. The first kappa shape index (κ1) is 50.6. The molecular formula is C36H50F6N6O12. The number of rotatable bonds is 16. The molecule has 6 N–H and O–H groups in total. The van der Waals surface area contributed by atoms with Crippen LogP contribution in [0.2, 0.25) is 0 Å². The molecule has 1 aliphatic heterocycles. The van der Waals surface area contributed by atoms with Gasteiger partial charge in [-0.1, -0.05) is 0 Å². The first-order valence-electron chi connectivity index (χ1n) is 18.3.